The number of benzene rings is 2. The minimum atomic E-state index is 0. The van der Waals surface area contributed by atoms with Crippen LogP contribution in [0.1, 0.15) is 16.8 Å². The van der Waals surface area contributed by atoms with Crippen molar-refractivity contribution >= 4 is 35.6 Å². The summed E-state index contributed by atoms with van der Waals surface area (Å²) in [7, 11) is 1.76. The predicted octanol–water partition coefficient (Wildman–Crippen LogP) is 4.51. The number of hydrogen-bond donors (Lipinski definition) is 2. The predicted molar refractivity (Wildman–Crippen MR) is 137 cm³/mol. The maximum Gasteiger partial charge on any atom is 0.226 e. The van der Waals surface area contributed by atoms with Gasteiger partial charge < -0.3 is 20.0 Å². The van der Waals surface area contributed by atoms with Crippen molar-refractivity contribution in [1.29, 1.82) is 0 Å². The van der Waals surface area contributed by atoms with Crippen LogP contribution in [0.4, 0.5) is 5.69 Å². The fourth-order valence-corrected chi connectivity index (χ4v) is 3.31. The molecule has 6 nitrogen and oxygen atoms in total. The highest BCUT2D eigenvalue weighted by Crippen LogP contribution is 2.19. The number of aliphatic imine (C=N–C) groups is 1. The Labute approximate surface area is 200 Å². The molecule has 0 unspecified atom stereocenters. The largest absolute Gasteiger partial charge is 0.444 e. The smallest absolute Gasteiger partial charge is 0.226 e. The van der Waals surface area contributed by atoms with Crippen molar-refractivity contribution in [3.63, 3.8) is 0 Å². The maximum absolute atomic E-state index is 5.62. The maximum atomic E-state index is 5.62. The highest BCUT2D eigenvalue weighted by Gasteiger charge is 2.09. The van der Waals surface area contributed by atoms with Crippen molar-refractivity contribution in [2.45, 2.75) is 20.0 Å². The van der Waals surface area contributed by atoms with Crippen LogP contribution in [-0.2, 0) is 13.1 Å². The first-order valence-electron chi connectivity index (χ1n) is 10.2. The lowest BCUT2D eigenvalue weighted by Gasteiger charge is -2.18. The summed E-state index contributed by atoms with van der Waals surface area (Å²) in [5.41, 5.74) is 5.47. The summed E-state index contributed by atoms with van der Waals surface area (Å²) in [6.45, 7) is 5.28. The van der Waals surface area contributed by atoms with E-state index in [2.05, 4.69) is 81.0 Å². The monoisotopic (exact) mass is 529 g/mol. The zero-order valence-electron chi connectivity index (χ0n) is 17.8. The van der Waals surface area contributed by atoms with Gasteiger partial charge in [0.25, 0.3) is 0 Å². The number of nitrogens with one attached hydrogen (secondary N) is 2. The van der Waals surface area contributed by atoms with Crippen LogP contribution in [0.15, 0.2) is 76.4 Å². The fourth-order valence-electron chi connectivity index (χ4n) is 3.31. The standard InChI is InChI=1S/C24H27N5O.HI/c1-18-5-9-20(10-6-18)23-28-21(17-30-23)16-27-24(25-2)26-15-19-7-11-22(12-8-19)29-13-3-4-14-29;/h3-12,17H,13-16H2,1-2H3,(H2,25,26,27);1H. The molecule has 1 aromatic heterocycles. The van der Waals surface area contributed by atoms with E-state index in [-0.39, 0.29) is 24.0 Å². The zero-order valence-corrected chi connectivity index (χ0v) is 20.2. The second-order valence-corrected chi connectivity index (χ2v) is 7.33. The molecule has 4 rings (SSSR count). The highest BCUT2D eigenvalue weighted by atomic mass is 127. The van der Waals surface area contributed by atoms with E-state index in [0.29, 0.717) is 19.0 Å². The zero-order chi connectivity index (χ0) is 20.8. The summed E-state index contributed by atoms with van der Waals surface area (Å²) in [6.07, 6.45) is 6.08. The van der Waals surface area contributed by atoms with Gasteiger partial charge in [0.15, 0.2) is 5.96 Å². The highest BCUT2D eigenvalue weighted by molar-refractivity contribution is 14.0. The van der Waals surface area contributed by atoms with Gasteiger partial charge in [0, 0.05) is 37.9 Å². The third-order valence-electron chi connectivity index (χ3n) is 5.09. The molecule has 31 heavy (non-hydrogen) atoms. The van der Waals surface area contributed by atoms with E-state index in [0.717, 1.165) is 30.3 Å². The lowest BCUT2D eigenvalue weighted by atomic mass is 10.1. The van der Waals surface area contributed by atoms with Gasteiger partial charge in [0.05, 0.1) is 12.2 Å². The van der Waals surface area contributed by atoms with E-state index in [1.54, 1.807) is 13.3 Å². The molecule has 0 spiro atoms. The van der Waals surface area contributed by atoms with Gasteiger partial charge in [0.1, 0.15) is 6.26 Å². The Bertz CT molecular complexity index is 1020. The first-order chi connectivity index (χ1) is 14.7. The minimum Gasteiger partial charge on any atom is -0.444 e. The Morgan fingerprint density at radius 1 is 1.00 bits per heavy atom. The second kappa shape index (κ2) is 11.0. The molecular formula is C24H28IN5O. The third-order valence-corrected chi connectivity index (χ3v) is 5.09. The number of oxazole rings is 1. The van der Waals surface area contributed by atoms with Crippen molar-refractivity contribution in [2.24, 2.45) is 4.99 Å². The molecule has 0 saturated heterocycles. The van der Waals surface area contributed by atoms with E-state index in [1.165, 1.54) is 16.8 Å². The number of hydrogen-bond acceptors (Lipinski definition) is 4. The van der Waals surface area contributed by atoms with Gasteiger partial charge >= 0.3 is 0 Å². The van der Waals surface area contributed by atoms with Crippen LogP contribution in [0.3, 0.4) is 0 Å². The van der Waals surface area contributed by atoms with Crippen molar-refractivity contribution in [2.75, 3.05) is 25.0 Å². The van der Waals surface area contributed by atoms with Gasteiger partial charge in [-0.1, -0.05) is 42.0 Å². The summed E-state index contributed by atoms with van der Waals surface area (Å²) in [5.74, 6) is 1.35. The molecule has 1 aliphatic rings. The summed E-state index contributed by atoms with van der Waals surface area (Å²) in [5, 5.41) is 6.63. The molecule has 0 saturated carbocycles. The molecule has 7 heteroatoms. The van der Waals surface area contributed by atoms with Crippen molar-refractivity contribution in [1.82, 2.24) is 15.6 Å². The van der Waals surface area contributed by atoms with Crippen molar-refractivity contribution in [3.05, 3.63) is 83.8 Å². The Morgan fingerprint density at radius 3 is 2.35 bits per heavy atom. The molecule has 2 aromatic carbocycles. The number of aryl methyl sites for hydroxylation is 1. The van der Waals surface area contributed by atoms with Crippen LogP contribution in [0.5, 0.6) is 0 Å². The summed E-state index contributed by atoms with van der Waals surface area (Å²) < 4.78 is 5.62. The first kappa shape index (κ1) is 22.9. The van der Waals surface area contributed by atoms with Gasteiger partial charge in [-0.15, -0.1) is 24.0 Å². The Morgan fingerprint density at radius 2 is 1.68 bits per heavy atom. The molecule has 3 aromatic rings. The average molecular weight is 529 g/mol. The normalized spacial score (nSPS) is 13.2. The van der Waals surface area contributed by atoms with E-state index in [1.807, 2.05) is 12.1 Å². The number of halogens is 1. The molecule has 0 bridgehead atoms. The Hall–Kier alpha value is -2.81. The van der Waals surface area contributed by atoms with Crippen LogP contribution in [-0.4, -0.2) is 31.1 Å². The Kier molecular flexibility index (Phi) is 8.11. The van der Waals surface area contributed by atoms with Crippen LogP contribution in [0.25, 0.3) is 11.5 Å². The molecule has 0 radical (unpaired) electrons. The van der Waals surface area contributed by atoms with E-state index < -0.39 is 0 Å². The van der Waals surface area contributed by atoms with Gasteiger partial charge in [-0.3, -0.25) is 4.99 Å². The van der Waals surface area contributed by atoms with Crippen LogP contribution >= 0.6 is 24.0 Å². The molecule has 2 heterocycles. The second-order valence-electron chi connectivity index (χ2n) is 7.33. The summed E-state index contributed by atoms with van der Waals surface area (Å²) in [4.78, 5) is 11.2. The molecule has 1 aliphatic heterocycles. The Balaban J connectivity index is 0.00000272. The summed E-state index contributed by atoms with van der Waals surface area (Å²) in [6, 6.07) is 16.8. The van der Waals surface area contributed by atoms with Crippen LogP contribution in [0.2, 0.25) is 0 Å². The van der Waals surface area contributed by atoms with E-state index in [4.69, 9.17) is 4.42 Å². The van der Waals surface area contributed by atoms with Gasteiger partial charge in [-0.25, -0.2) is 4.98 Å². The summed E-state index contributed by atoms with van der Waals surface area (Å²) >= 11 is 0. The van der Waals surface area contributed by atoms with E-state index in [9.17, 15) is 0 Å². The van der Waals surface area contributed by atoms with Gasteiger partial charge in [-0.05, 0) is 36.8 Å². The number of anilines is 1. The van der Waals surface area contributed by atoms with Crippen molar-refractivity contribution < 1.29 is 4.42 Å². The topological polar surface area (TPSA) is 65.7 Å². The lowest BCUT2D eigenvalue weighted by Crippen LogP contribution is -2.36. The number of guanidine groups is 1. The quantitative estimate of drug-likeness (QED) is 0.213. The molecule has 0 atom stereocenters. The molecule has 162 valence electrons. The lowest BCUT2D eigenvalue weighted by molar-refractivity contribution is 0.572. The van der Waals surface area contributed by atoms with E-state index >= 15 is 0 Å². The van der Waals surface area contributed by atoms with Gasteiger partial charge in [-0.2, -0.15) is 0 Å². The number of nitrogens with zero attached hydrogens (tertiary/aromatic N) is 3. The van der Waals surface area contributed by atoms with Gasteiger partial charge in [0.2, 0.25) is 5.89 Å². The molecule has 0 aliphatic carbocycles. The minimum absolute atomic E-state index is 0. The molecular weight excluding hydrogens is 501 g/mol. The third kappa shape index (κ3) is 6.10. The fraction of sp³-hybridized carbons (Fsp3) is 0.250. The number of aromatic nitrogens is 1. The number of rotatable bonds is 6. The molecule has 0 fully saturated rings. The van der Waals surface area contributed by atoms with Crippen LogP contribution < -0.4 is 15.5 Å². The SMILES string of the molecule is CN=C(NCc1ccc(N2CC=CC2)cc1)NCc1coc(-c2ccc(C)cc2)n1.I. The average Bonchev–Trinajstić information content (AvgIpc) is 3.47. The van der Waals surface area contributed by atoms with Crippen LogP contribution in [0, 0.1) is 6.92 Å². The molecule has 0 amide bonds. The molecule has 2 N–H and O–H groups in total. The van der Waals surface area contributed by atoms with Crippen molar-refractivity contribution in [3.8, 4) is 11.5 Å². The first-order valence-corrected chi connectivity index (χ1v) is 10.2.